The van der Waals surface area contributed by atoms with Gasteiger partial charge in [-0.15, -0.1) is 0 Å². The van der Waals surface area contributed by atoms with Crippen LogP contribution in [-0.2, 0) is 16.0 Å². The lowest BCUT2D eigenvalue weighted by atomic mass is 10.1. The third-order valence-corrected chi connectivity index (χ3v) is 5.66. The van der Waals surface area contributed by atoms with Gasteiger partial charge in [0.05, 0.1) is 5.69 Å². The molecule has 2 aromatic carbocycles. The number of carbonyl (C=O) groups excluding carboxylic acids is 3. The van der Waals surface area contributed by atoms with Crippen molar-refractivity contribution in [3.8, 4) is 11.5 Å². The quantitative estimate of drug-likeness (QED) is 0.579. The Morgan fingerprint density at radius 1 is 1.19 bits per heavy atom. The first-order chi connectivity index (χ1) is 15.5. The van der Waals surface area contributed by atoms with Crippen LogP contribution in [0.4, 0.5) is 5.69 Å². The average molecular weight is 437 g/mol. The minimum absolute atomic E-state index is 0.0968. The number of Topliss-reactive ketones (excluding diaryl/α,β-unsaturated/α-hetero) is 1. The van der Waals surface area contributed by atoms with Crippen molar-refractivity contribution in [2.75, 3.05) is 31.2 Å². The predicted molar refractivity (Wildman–Crippen MR) is 120 cm³/mol. The molecule has 7 nitrogen and oxygen atoms in total. The predicted octanol–water partition coefficient (Wildman–Crippen LogP) is 3.15. The van der Waals surface area contributed by atoms with E-state index in [9.17, 15) is 14.4 Å². The molecule has 2 amide bonds. The molecule has 2 aromatic rings. The van der Waals surface area contributed by atoms with Gasteiger partial charge >= 0.3 is 0 Å². The number of ether oxygens (including phenoxy) is 2. The highest BCUT2D eigenvalue weighted by molar-refractivity contribution is 6.04. The second-order valence-corrected chi connectivity index (χ2v) is 8.27. The van der Waals surface area contributed by atoms with Crippen molar-refractivity contribution in [2.24, 2.45) is 5.92 Å². The van der Waals surface area contributed by atoms with Gasteiger partial charge in [0, 0.05) is 12.1 Å². The molecule has 4 rings (SSSR count). The molecule has 7 heteroatoms. The van der Waals surface area contributed by atoms with Crippen LogP contribution in [0.15, 0.2) is 42.5 Å². The lowest BCUT2D eigenvalue weighted by molar-refractivity contribution is -0.125. The summed E-state index contributed by atoms with van der Waals surface area (Å²) in [6, 6.07) is 12.6. The first-order valence-corrected chi connectivity index (χ1v) is 11.1. The van der Waals surface area contributed by atoms with Crippen molar-refractivity contribution >= 4 is 23.3 Å². The Kier molecular flexibility index (Phi) is 6.73. The van der Waals surface area contributed by atoms with Crippen LogP contribution in [0.2, 0.25) is 0 Å². The average Bonchev–Trinajstić information content (AvgIpc) is 3.63. The van der Waals surface area contributed by atoms with Crippen LogP contribution in [0.3, 0.4) is 0 Å². The molecule has 1 heterocycles. The summed E-state index contributed by atoms with van der Waals surface area (Å²) < 4.78 is 11.3. The number of benzene rings is 2. The number of carbonyl (C=O) groups is 3. The Hall–Kier alpha value is -3.35. The number of fused-ring (bicyclic) bond motifs is 1. The number of hydrogen-bond donors (Lipinski definition) is 1. The normalized spacial score (nSPS) is 15.0. The minimum atomic E-state index is -0.312. The Morgan fingerprint density at radius 2 is 2.00 bits per heavy atom. The molecule has 0 atom stereocenters. The number of amides is 2. The van der Waals surface area contributed by atoms with Gasteiger partial charge in [-0.25, -0.2) is 0 Å². The number of nitrogens with one attached hydrogen (secondary N) is 1. The van der Waals surface area contributed by atoms with Crippen LogP contribution in [-0.4, -0.2) is 43.9 Å². The lowest BCUT2D eigenvalue weighted by Crippen LogP contribution is -2.45. The van der Waals surface area contributed by atoms with Gasteiger partial charge in [0.1, 0.15) is 18.0 Å². The van der Waals surface area contributed by atoms with Crippen molar-refractivity contribution in [2.45, 2.75) is 32.6 Å². The summed E-state index contributed by atoms with van der Waals surface area (Å²) in [7, 11) is 0. The molecule has 32 heavy (non-hydrogen) atoms. The van der Waals surface area contributed by atoms with Crippen LogP contribution < -0.4 is 19.7 Å². The number of aryl methyl sites for hydroxylation is 1. The SMILES string of the molecule is CCCc1ccccc1OCC(=O)c1ccc2c(c1)N(CC(=O)NCC1CC1)C(=O)CO2. The number of ketones is 1. The Bertz CT molecular complexity index is 1020. The Morgan fingerprint density at radius 3 is 2.78 bits per heavy atom. The monoisotopic (exact) mass is 436 g/mol. The molecule has 0 radical (unpaired) electrons. The van der Waals surface area contributed by atoms with E-state index in [4.69, 9.17) is 9.47 Å². The number of rotatable bonds is 10. The van der Waals surface area contributed by atoms with Crippen LogP contribution >= 0.6 is 0 Å². The highest BCUT2D eigenvalue weighted by atomic mass is 16.5. The fourth-order valence-electron chi connectivity index (χ4n) is 3.68. The van der Waals surface area contributed by atoms with E-state index in [2.05, 4.69) is 12.2 Å². The van der Waals surface area contributed by atoms with Gasteiger partial charge in [-0.05, 0) is 55.0 Å². The summed E-state index contributed by atoms with van der Waals surface area (Å²) in [4.78, 5) is 39.0. The van der Waals surface area contributed by atoms with E-state index < -0.39 is 0 Å². The lowest BCUT2D eigenvalue weighted by Gasteiger charge is -2.29. The molecule has 1 saturated carbocycles. The van der Waals surface area contributed by atoms with Gasteiger partial charge in [0.25, 0.3) is 5.91 Å². The fraction of sp³-hybridized carbons (Fsp3) is 0.400. The zero-order valence-corrected chi connectivity index (χ0v) is 18.3. The van der Waals surface area contributed by atoms with Crippen molar-refractivity contribution in [1.29, 1.82) is 0 Å². The number of anilines is 1. The maximum Gasteiger partial charge on any atom is 0.265 e. The molecule has 0 bridgehead atoms. The van der Waals surface area contributed by atoms with E-state index >= 15 is 0 Å². The number of hydrogen-bond acceptors (Lipinski definition) is 5. The standard InChI is InChI=1S/C25H28N2O5/c1-2-5-18-6-3-4-7-22(18)31-15-21(28)19-10-11-23-20(12-19)27(25(30)16-32-23)14-24(29)26-13-17-8-9-17/h3-4,6-7,10-12,17H,2,5,8-9,13-16H2,1H3,(H,26,29). The van der Waals surface area contributed by atoms with E-state index in [0.29, 0.717) is 35.2 Å². The maximum atomic E-state index is 12.8. The van der Waals surface area contributed by atoms with E-state index in [0.717, 1.165) is 31.2 Å². The van der Waals surface area contributed by atoms with Gasteiger partial charge in [0.15, 0.2) is 19.0 Å². The van der Waals surface area contributed by atoms with E-state index in [1.165, 1.54) is 4.90 Å². The molecule has 1 N–H and O–H groups in total. The Balaban J connectivity index is 1.45. The first-order valence-electron chi connectivity index (χ1n) is 11.1. The zero-order valence-electron chi connectivity index (χ0n) is 18.3. The van der Waals surface area contributed by atoms with Gasteiger partial charge in [0.2, 0.25) is 5.91 Å². The van der Waals surface area contributed by atoms with Crippen molar-refractivity contribution in [3.63, 3.8) is 0 Å². The molecule has 1 aliphatic heterocycles. The summed E-state index contributed by atoms with van der Waals surface area (Å²) in [5, 5.41) is 2.87. The molecule has 168 valence electrons. The molecule has 2 aliphatic rings. The summed E-state index contributed by atoms with van der Waals surface area (Å²) >= 11 is 0. The molecule has 0 unspecified atom stereocenters. The molecule has 1 aliphatic carbocycles. The fourth-order valence-corrected chi connectivity index (χ4v) is 3.68. The number of para-hydroxylation sites is 1. The summed E-state index contributed by atoms with van der Waals surface area (Å²) in [6.45, 7) is 2.39. The second-order valence-electron chi connectivity index (χ2n) is 8.27. The maximum absolute atomic E-state index is 12.8. The largest absolute Gasteiger partial charge is 0.485 e. The third kappa shape index (κ3) is 5.28. The van der Waals surface area contributed by atoms with Crippen LogP contribution in [0.5, 0.6) is 11.5 Å². The first kappa shape index (κ1) is 21.9. The molecule has 0 saturated heterocycles. The van der Waals surface area contributed by atoms with Gasteiger partial charge in [-0.1, -0.05) is 31.5 Å². The van der Waals surface area contributed by atoms with E-state index in [-0.39, 0.29) is 37.4 Å². The van der Waals surface area contributed by atoms with Crippen molar-refractivity contribution in [3.05, 3.63) is 53.6 Å². The topological polar surface area (TPSA) is 84.9 Å². The highest BCUT2D eigenvalue weighted by Gasteiger charge is 2.29. The smallest absolute Gasteiger partial charge is 0.265 e. The van der Waals surface area contributed by atoms with Crippen LogP contribution in [0.1, 0.15) is 42.1 Å². The molecular weight excluding hydrogens is 408 g/mol. The van der Waals surface area contributed by atoms with E-state index in [1.54, 1.807) is 18.2 Å². The minimum Gasteiger partial charge on any atom is -0.485 e. The zero-order chi connectivity index (χ0) is 22.5. The third-order valence-electron chi connectivity index (χ3n) is 5.66. The summed E-state index contributed by atoms with van der Waals surface area (Å²) in [5.41, 5.74) is 1.90. The van der Waals surface area contributed by atoms with Crippen molar-refractivity contribution < 1.29 is 23.9 Å². The molecular formula is C25H28N2O5. The summed E-state index contributed by atoms with van der Waals surface area (Å²) in [5.74, 6) is 0.992. The second kappa shape index (κ2) is 9.85. The van der Waals surface area contributed by atoms with Crippen LogP contribution in [0.25, 0.3) is 0 Å². The van der Waals surface area contributed by atoms with Crippen LogP contribution in [0, 0.1) is 5.92 Å². The molecule has 0 aromatic heterocycles. The van der Waals surface area contributed by atoms with E-state index in [1.807, 2.05) is 24.3 Å². The molecule has 0 spiro atoms. The van der Waals surface area contributed by atoms with Gasteiger partial charge in [-0.3, -0.25) is 19.3 Å². The summed E-state index contributed by atoms with van der Waals surface area (Å²) in [6.07, 6.45) is 4.13. The van der Waals surface area contributed by atoms with Gasteiger partial charge < -0.3 is 14.8 Å². The van der Waals surface area contributed by atoms with Gasteiger partial charge in [-0.2, -0.15) is 0 Å². The van der Waals surface area contributed by atoms with Crippen molar-refractivity contribution in [1.82, 2.24) is 5.32 Å². The Labute approximate surface area is 187 Å². The number of nitrogens with zero attached hydrogens (tertiary/aromatic N) is 1. The highest BCUT2D eigenvalue weighted by Crippen LogP contribution is 2.33. The molecule has 1 fully saturated rings.